The summed E-state index contributed by atoms with van der Waals surface area (Å²) in [6, 6.07) is 6.18. The predicted molar refractivity (Wildman–Crippen MR) is 81.3 cm³/mol. The van der Waals surface area contributed by atoms with E-state index < -0.39 is 22.5 Å². The average molecular weight is 330 g/mol. The minimum absolute atomic E-state index is 0.0911. The highest BCUT2D eigenvalue weighted by atomic mass is 19.2. The molecule has 4 nitrogen and oxygen atoms in total. The summed E-state index contributed by atoms with van der Waals surface area (Å²) < 4.78 is 34.4. The number of fused-ring (bicyclic) bond motifs is 2. The number of halogens is 2. The molecule has 1 N–H and O–H groups in total. The molecule has 4 rings (SSSR count). The Hall–Kier alpha value is -2.60. The molecule has 0 atom stereocenters. The van der Waals surface area contributed by atoms with Crippen LogP contribution >= 0.6 is 0 Å². The van der Waals surface area contributed by atoms with Gasteiger partial charge >= 0.3 is 0 Å². The number of benzene rings is 1. The highest BCUT2D eigenvalue weighted by molar-refractivity contribution is 5.60. The summed E-state index contributed by atoms with van der Waals surface area (Å²) in [4.78, 5) is 0. The number of nitriles is 2. The summed E-state index contributed by atoms with van der Waals surface area (Å²) in [6.07, 6.45) is 2.07. The lowest BCUT2D eigenvalue weighted by atomic mass is 9.58. The molecular weight excluding hydrogens is 314 g/mol. The predicted octanol–water partition coefficient (Wildman–Crippen LogP) is 4.25. The molecule has 0 radical (unpaired) electrons. The fourth-order valence-electron chi connectivity index (χ4n) is 3.56. The van der Waals surface area contributed by atoms with E-state index in [1.165, 1.54) is 12.1 Å². The molecule has 1 saturated carbocycles. The van der Waals surface area contributed by atoms with Crippen LogP contribution in [-0.4, -0.2) is 11.7 Å². The molecule has 3 aliphatic rings. The van der Waals surface area contributed by atoms with Gasteiger partial charge in [-0.3, -0.25) is 0 Å². The van der Waals surface area contributed by atoms with E-state index in [1.807, 2.05) is 6.07 Å². The quantitative estimate of drug-likeness (QED) is 0.899. The molecule has 0 unspecified atom stereocenters. The van der Waals surface area contributed by atoms with Crippen molar-refractivity contribution in [3.05, 3.63) is 34.9 Å². The van der Waals surface area contributed by atoms with Gasteiger partial charge in [0.1, 0.15) is 53.0 Å². The van der Waals surface area contributed by atoms with Crippen LogP contribution in [0.5, 0.6) is 11.5 Å². The monoisotopic (exact) mass is 330 g/mol. The van der Waals surface area contributed by atoms with Gasteiger partial charge in [-0.05, 0) is 37.8 Å². The summed E-state index contributed by atoms with van der Waals surface area (Å²) in [5.74, 6) is -1.66. The molecule has 1 aromatic carbocycles. The van der Waals surface area contributed by atoms with Gasteiger partial charge in [0, 0.05) is 5.41 Å². The maximum atomic E-state index is 14.5. The second kappa shape index (κ2) is 5.49. The standard InChI is InChI=1S/C18H16F2N2O2/c1-17-4-6-18(7-5-17,16(20)15(17)19)10-24-14-3-2-13(23)11(8-21)12(14)9-22/h2-3,23H,4-7,10H2,1H3. The maximum Gasteiger partial charge on any atom is 0.141 e. The van der Waals surface area contributed by atoms with E-state index in [4.69, 9.17) is 10.00 Å². The number of ether oxygens (including phenoxy) is 1. The van der Waals surface area contributed by atoms with Gasteiger partial charge in [-0.1, -0.05) is 6.92 Å². The van der Waals surface area contributed by atoms with E-state index in [9.17, 15) is 19.1 Å². The fourth-order valence-corrected chi connectivity index (χ4v) is 3.56. The Kier molecular flexibility index (Phi) is 3.72. The number of hydrogen-bond acceptors (Lipinski definition) is 4. The number of phenols is 1. The molecule has 24 heavy (non-hydrogen) atoms. The summed E-state index contributed by atoms with van der Waals surface area (Å²) in [7, 11) is 0. The summed E-state index contributed by atoms with van der Waals surface area (Å²) in [5, 5.41) is 27.9. The molecule has 124 valence electrons. The van der Waals surface area contributed by atoms with Gasteiger partial charge in [-0.25, -0.2) is 8.78 Å². The van der Waals surface area contributed by atoms with Crippen molar-refractivity contribution < 1.29 is 18.6 Å². The summed E-state index contributed by atoms with van der Waals surface area (Å²) in [6.45, 7) is 1.63. The molecule has 2 bridgehead atoms. The number of aromatic hydroxyl groups is 1. The van der Waals surface area contributed by atoms with E-state index in [0.29, 0.717) is 25.7 Å². The van der Waals surface area contributed by atoms with E-state index in [-0.39, 0.29) is 29.2 Å². The van der Waals surface area contributed by atoms with Crippen LogP contribution in [0.2, 0.25) is 0 Å². The lowest BCUT2D eigenvalue weighted by Crippen LogP contribution is -2.44. The zero-order valence-electron chi connectivity index (χ0n) is 13.2. The van der Waals surface area contributed by atoms with Gasteiger partial charge in [0.25, 0.3) is 0 Å². The average Bonchev–Trinajstić information content (AvgIpc) is 2.59. The first-order chi connectivity index (χ1) is 11.4. The van der Waals surface area contributed by atoms with Crippen LogP contribution in [0.15, 0.2) is 23.8 Å². The van der Waals surface area contributed by atoms with Crippen molar-refractivity contribution >= 4 is 0 Å². The fraction of sp³-hybridized carbons (Fsp3) is 0.444. The molecule has 1 aromatic rings. The van der Waals surface area contributed by atoms with E-state index in [1.54, 1.807) is 13.0 Å². The number of allylic oxidation sites excluding steroid dienone is 1. The zero-order valence-corrected chi connectivity index (χ0v) is 13.2. The molecule has 6 heteroatoms. The van der Waals surface area contributed by atoms with Crippen LogP contribution in [0, 0.1) is 33.5 Å². The topological polar surface area (TPSA) is 77.0 Å². The Bertz CT molecular complexity index is 810. The van der Waals surface area contributed by atoms with Gasteiger partial charge in [-0.2, -0.15) is 10.5 Å². The Balaban J connectivity index is 1.91. The molecule has 0 aliphatic heterocycles. The molecule has 1 fully saturated rings. The molecule has 0 amide bonds. The lowest BCUT2D eigenvalue weighted by Gasteiger charge is -2.48. The van der Waals surface area contributed by atoms with E-state index in [0.717, 1.165) is 0 Å². The van der Waals surface area contributed by atoms with Crippen LogP contribution in [-0.2, 0) is 0 Å². The second-order valence-corrected chi connectivity index (χ2v) is 6.81. The Morgan fingerprint density at radius 3 is 2.29 bits per heavy atom. The lowest BCUT2D eigenvalue weighted by molar-refractivity contribution is 0.0207. The number of hydrogen-bond donors (Lipinski definition) is 1. The van der Waals surface area contributed by atoms with Crippen LogP contribution in [0.25, 0.3) is 0 Å². The minimum atomic E-state index is -1.01. The number of phenolic OH excluding ortho intramolecular Hbond substituents is 1. The first-order valence-electron chi connectivity index (χ1n) is 7.72. The molecular formula is C18H16F2N2O2. The third-order valence-corrected chi connectivity index (χ3v) is 5.37. The molecule has 0 spiro atoms. The molecule has 0 saturated heterocycles. The molecule has 3 aliphatic carbocycles. The van der Waals surface area contributed by atoms with Gasteiger partial charge in [0.15, 0.2) is 0 Å². The zero-order chi connectivity index (χ0) is 17.5. The minimum Gasteiger partial charge on any atom is -0.507 e. The normalized spacial score (nSPS) is 28.4. The van der Waals surface area contributed by atoms with Crippen LogP contribution in [0.4, 0.5) is 8.78 Å². The van der Waals surface area contributed by atoms with Gasteiger partial charge in [0.2, 0.25) is 0 Å². The van der Waals surface area contributed by atoms with Crippen LogP contribution in [0.1, 0.15) is 43.7 Å². The van der Waals surface area contributed by atoms with Crippen molar-refractivity contribution in [2.24, 2.45) is 10.8 Å². The van der Waals surface area contributed by atoms with Crippen molar-refractivity contribution in [3.8, 4) is 23.6 Å². The smallest absolute Gasteiger partial charge is 0.141 e. The molecule has 0 heterocycles. The highest BCUT2D eigenvalue weighted by Gasteiger charge is 2.54. The summed E-state index contributed by atoms with van der Waals surface area (Å²) >= 11 is 0. The van der Waals surface area contributed by atoms with Crippen molar-refractivity contribution in [1.29, 1.82) is 10.5 Å². The second-order valence-electron chi connectivity index (χ2n) is 6.81. The Morgan fingerprint density at radius 1 is 1.08 bits per heavy atom. The van der Waals surface area contributed by atoms with Crippen LogP contribution < -0.4 is 4.74 Å². The van der Waals surface area contributed by atoms with Crippen molar-refractivity contribution in [2.45, 2.75) is 32.6 Å². The Labute approximate surface area is 138 Å². The van der Waals surface area contributed by atoms with Crippen molar-refractivity contribution in [1.82, 2.24) is 0 Å². The molecule has 0 aromatic heterocycles. The van der Waals surface area contributed by atoms with E-state index in [2.05, 4.69) is 0 Å². The highest BCUT2D eigenvalue weighted by Crippen LogP contribution is 2.60. The first-order valence-corrected chi connectivity index (χ1v) is 7.72. The number of rotatable bonds is 3. The third-order valence-electron chi connectivity index (χ3n) is 5.37. The van der Waals surface area contributed by atoms with E-state index >= 15 is 0 Å². The van der Waals surface area contributed by atoms with Gasteiger partial charge in [0.05, 0.1) is 5.41 Å². The SMILES string of the molecule is CC12CCC(COc3ccc(O)c(C#N)c3C#N)(CC1)C(F)=C2F. The van der Waals surface area contributed by atoms with Gasteiger partial charge in [-0.15, -0.1) is 0 Å². The first kappa shape index (κ1) is 16.3. The largest absolute Gasteiger partial charge is 0.507 e. The summed E-state index contributed by atoms with van der Waals surface area (Å²) in [5.41, 5.74) is -2.01. The third kappa shape index (κ3) is 2.22. The Morgan fingerprint density at radius 2 is 1.71 bits per heavy atom. The van der Waals surface area contributed by atoms with Crippen LogP contribution in [0.3, 0.4) is 0 Å². The van der Waals surface area contributed by atoms with Crippen molar-refractivity contribution in [3.63, 3.8) is 0 Å². The van der Waals surface area contributed by atoms with Gasteiger partial charge < -0.3 is 9.84 Å². The van der Waals surface area contributed by atoms with Crippen molar-refractivity contribution in [2.75, 3.05) is 6.61 Å². The maximum absolute atomic E-state index is 14.5. The number of nitrogens with zero attached hydrogens (tertiary/aromatic N) is 2.